The second-order valence-electron chi connectivity index (χ2n) is 5.57. The molecule has 2 aromatic rings. The second-order valence-corrected chi connectivity index (χ2v) is 6.58. The molecular weight excluding hydrogens is 358 g/mol. The Kier molecular flexibility index (Phi) is 5.57. The maximum Gasteiger partial charge on any atom is 0.339 e. The van der Waals surface area contributed by atoms with E-state index in [1.807, 2.05) is 19.1 Å². The van der Waals surface area contributed by atoms with Crippen LogP contribution in [0.2, 0.25) is 0 Å². The van der Waals surface area contributed by atoms with Gasteiger partial charge in [-0.25, -0.2) is 9.59 Å². The Bertz CT molecular complexity index is 835. The highest BCUT2D eigenvalue weighted by atomic mass is 32.2. The standard InChI is InChI=1S/C17H17N3O5S/c1-11-8-12(19-25-11)10-26-14-5-3-2-4-13(14)16(22)24-9-15(21)20-7-6-18-17(20)23/h2-5,8H,6-7,9-10H2,1H3,(H,18,23). The second kappa shape index (κ2) is 8.05. The summed E-state index contributed by atoms with van der Waals surface area (Å²) in [5, 5.41) is 6.44. The number of hydrogen-bond acceptors (Lipinski definition) is 7. The quantitative estimate of drug-likeness (QED) is 0.608. The van der Waals surface area contributed by atoms with E-state index >= 15 is 0 Å². The number of carbonyl (C=O) groups excluding carboxylic acids is 3. The number of rotatable bonds is 6. The lowest BCUT2D eigenvalue weighted by Crippen LogP contribution is -2.37. The van der Waals surface area contributed by atoms with Crippen molar-refractivity contribution >= 4 is 29.7 Å². The molecular formula is C17H17N3O5S. The summed E-state index contributed by atoms with van der Waals surface area (Å²) in [5.74, 6) is 0.0980. The number of hydrogen-bond donors (Lipinski definition) is 1. The third-order valence-corrected chi connectivity index (χ3v) is 4.75. The summed E-state index contributed by atoms with van der Waals surface area (Å²) in [6.07, 6.45) is 0. The van der Waals surface area contributed by atoms with Gasteiger partial charge in [-0.1, -0.05) is 17.3 Å². The van der Waals surface area contributed by atoms with Crippen LogP contribution < -0.4 is 5.32 Å². The average Bonchev–Trinajstić information content (AvgIpc) is 3.26. The van der Waals surface area contributed by atoms with Gasteiger partial charge in [0.2, 0.25) is 0 Å². The van der Waals surface area contributed by atoms with E-state index in [2.05, 4.69) is 10.5 Å². The molecule has 0 radical (unpaired) electrons. The topological polar surface area (TPSA) is 102 Å². The van der Waals surface area contributed by atoms with Crippen LogP contribution in [-0.2, 0) is 15.3 Å². The average molecular weight is 375 g/mol. The molecule has 0 unspecified atom stereocenters. The molecule has 0 bridgehead atoms. The Labute approximate surface area is 153 Å². The molecule has 1 aromatic carbocycles. The highest BCUT2D eigenvalue weighted by Gasteiger charge is 2.27. The van der Waals surface area contributed by atoms with E-state index in [9.17, 15) is 14.4 Å². The molecule has 3 amide bonds. The lowest BCUT2D eigenvalue weighted by molar-refractivity contribution is -0.130. The maximum absolute atomic E-state index is 12.3. The molecule has 1 aliphatic rings. The molecule has 9 heteroatoms. The summed E-state index contributed by atoms with van der Waals surface area (Å²) < 4.78 is 10.1. The van der Waals surface area contributed by atoms with Crippen LogP contribution in [0.5, 0.6) is 0 Å². The minimum Gasteiger partial charge on any atom is -0.452 e. The number of amides is 3. The lowest BCUT2D eigenvalue weighted by Gasteiger charge is -2.13. The Morgan fingerprint density at radius 3 is 2.88 bits per heavy atom. The van der Waals surface area contributed by atoms with E-state index in [-0.39, 0.29) is 6.54 Å². The number of aromatic nitrogens is 1. The highest BCUT2D eigenvalue weighted by Crippen LogP contribution is 2.26. The van der Waals surface area contributed by atoms with Crippen LogP contribution in [0.4, 0.5) is 4.79 Å². The van der Waals surface area contributed by atoms with Gasteiger partial charge in [-0.15, -0.1) is 11.8 Å². The Balaban J connectivity index is 1.60. The van der Waals surface area contributed by atoms with Crippen LogP contribution in [0, 0.1) is 6.92 Å². The molecule has 0 atom stereocenters. The van der Waals surface area contributed by atoms with Gasteiger partial charge in [0, 0.05) is 29.8 Å². The normalized spacial score (nSPS) is 13.6. The lowest BCUT2D eigenvalue weighted by atomic mass is 10.2. The van der Waals surface area contributed by atoms with E-state index < -0.39 is 24.5 Å². The van der Waals surface area contributed by atoms with Crippen molar-refractivity contribution in [3.05, 3.63) is 47.3 Å². The van der Waals surface area contributed by atoms with Crippen LogP contribution in [0.25, 0.3) is 0 Å². The molecule has 1 aromatic heterocycles. The van der Waals surface area contributed by atoms with Gasteiger partial charge in [0.05, 0.1) is 11.3 Å². The number of esters is 1. The zero-order valence-electron chi connectivity index (χ0n) is 14.1. The number of urea groups is 1. The highest BCUT2D eigenvalue weighted by molar-refractivity contribution is 7.98. The minimum absolute atomic E-state index is 0.277. The van der Waals surface area contributed by atoms with Crippen molar-refractivity contribution in [3.8, 4) is 0 Å². The molecule has 1 aliphatic heterocycles. The van der Waals surface area contributed by atoms with Crippen LogP contribution in [0.15, 0.2) is 39.8 Å². The van der Waals surface area contributed by atoms with Crippen LogP contribution in [0.3, 0.4) is 0 Å². The molecule has 3 rings (SSSR count). The number of nitrogens with zero attached hydrogens (tertiary/aromatic N) is 2. The smallest absolute Gasteiger partial charge is 0.339 e. The molecule has 0 saturated carbocycles. The first-order valence-electron chi connectivity index (χ1n) is 7.94. The van der Waals surface area contributed by atoms with Crippen molar-refractivity contribution in [2.75, 3.05) is 19.7 Å². The summed E-state index contributed by atoms with van der Waals surface area (Å²) in [5.41, 5.74) is 1.13. The fourth-order valence-electron chi connectivity index (χ4n) is 2.39. The first-order chi connectivity index (χ1) is 12.5. The monoisotopic (exact) mass is 375 g/mol. The van der Waals surface area contributed by atoms with Crippen molar-refractivity contribution < 1.29 is 23.6 Å². The number of aryl methyl sites for hydroxylation is 1. The first kappa shape index (κ1) is 18.0. The summed E-state index contributed by atoms with van der Waals surface area (Å²) in [7, 11) is 0. The van der Waals surface area contributed by atoms with Gasteiger partial charge in [0.15, 0.2) is 6.61 Å². The summed E-state index contributed by atoms with van der Waals surface area (Å²) in [4.78, 5) is 37.5. The summed E-state index contributed by atoms with van der Waals surface area (Å²) >= 11 is 1.42. The number of thioether (sulfide) groups is 1. The number of benzene rings is 1. The van der Waals surface area contributed by atoms with Crippen LogP contribution >= 0.6 is 11.8 Å². The SMILES string of the molecule is Cc1cc(CSc2ccccc2C(=O)OCC(=O)N2CCNC2=O)no1. The number of carbonyl (C=O) groups is 3. The third-order valence-electron chi connectivity index (χ3n) is 3.64. The third kappa shape index (κ3) is 4.23. The Hall–Kier alpha value is -2.81. The largest absolute Gasteiger partial charge is 0.452 e. The predicted molar refractivity (Wildman–Crippen MR) is 92.6 cm³/mol. The minimum atomic E-state index is -0.614. The van der Waals surface area contributed by atoms with E-state index in [4.69, 9.17) is 9.26 Å². The van der Waals surface area contributed by atoms with Crippen LogP contribution in [-0.4, -0.2) is 47.7 Å². The van der Waals surface area contributed by atoms with Gasteiger partial charge in [-0.05, 0) is 19.1 Å². The van der Waals surface area contributed by atoms with Gasteiger partial charge >= 0.3 is 12.0 Å². The molecule has 2 heterocycles. The first-order valence-corrected chi connectivity index (χ1v) is 8.92. The van der Waals surface area contributed by atoms with E-state index in [1.54, 1.807) is 18.2 Å². The van der Waals surface area contributed by atoms with Crippen molar-refractivity contribution in [1.82, 2.24) is 15.4 Å². The van der Waals surface area contributed by atoms with Crippen LogP contribution in [0.1, 0.15) is 21.8 Å². The molecule has 1 saturated heterocycles. The van der Waals surface area contributed by atoms with Gasteiger partial charge in [-0.3, -0.25) is 9.69 Å². The number of nitrogens with one attached hydrogen (secondary N) is 1. The number of ether oxygens (including phenoxy) is 1. The number of imide groups is 1. The predicted octanol–water partition coefficient (Wildman–Crippen LogP) is 1.98. The molecule has 1 fully saturated rings. The van der Waals surface area contributed by atoms with E-state index in [1.165, 1.54) is 11.8 Å². The van der Waals surface area contributed by atoms with Gasteiger partial charge < -0.3 is 14.6 Å². The molecule has 0 spiro atoms. The molecule has 136 valence electrons. The van der Waals surface area contributed by atoms with Crippen molar-refractivity contribution in [2.45, 2.75) is 17.6 Å². The maximum atomic E-state index is 12.3. The Morgan fingerprint density at radius 2 is 2.19 bits per heavy atom. The summed E-state index contributed by atoms with van der Waals surface area (Å²) in [6.45, 7) is 2.01. The van der Waals surface area contributed by atoms with E-state index in [0.29, 0.717) is 22.8 Å². The fraction of sp³-hybridized carbons (Fsp3) is 0.294. The zero-order chi connectivity index (χ0) is 18.5. The van der Waals surface area contributed by atoms with E-state index in [0.717, 1.165) is 16.4 Å². The molecule has 8 nitrogen and oxygen atoms in total. The van der Waals surface area contributed by atoms with Crippen molar-refractivity contribution in [1.29, 1.82) is 0 Å². The van der Waals surface area contributed by atoms with Gasteiger partial charge in [0.25, 0.3) is 5.91 Å². The molecule has 26 heavy (non-hydrogen) atoms. The fourth-order valence-corrected chi connectivity index (χ4v) is 3.31. The molecule has 1 N–H and O–H groups in total. The van der Waals surface area contributed by atoms with Crippen molar-refractivity contribution in [3.63, 3.8) is 0 Å². The molecule has 0 aliphatic carbocycles. The van der Waals surface area contributed by atoms with Gasteiger partial charge in [0.1, 0.15) is 5.76 Å². The summed E-state index contributed by atoms with van der Waals surface area (Å²) in [6, 6.07) is 8.32. The Morgan fingerprint density at radius 1 is 1.38 bits per heavy atom. The van der Waals surface area contributed by atoms with Crippen molar-refractivity contribution in [2.24, 2.45) is 0 Å². The zero-order valence-corrected chi connectivity index (χ0v) is 14.9. The van der Waals surface area contributed by atoms with Gasteiger partial charge in [-0.2, -0.15) is 0 Å².